The molecule has 0 aliphatic heterocycles. The molecule has 1 aromatic heterocycles. The lowest BCUT2D eigenvalue weighted by atomic mass is 10.3. The van der Waals surface area contributed by atoms with E-state index in [9.17, 15) is 0 Å². The Morgan fingerprint density at radius 1 is 1.33 bits per heavy atom. The van der Waals surface area contributed by atoms with Crippen LogP contribution in [-0.2, 0) is 6.54 Å². The summed E-state index contributed by atoms with van der Waals surface area (Å²) in [5, 5.41) is 7.04. The second-order valence-electron chi connectivity index (χ2n) is 5.18. The first-order valence-electron chi connectivity index (χ1n) is 7.92. The van der Waals surface area contributed by atoms with Crippen LogP contribution < -0.4 is 15.4 Å². The van der Waals surface area contributed by atoms with Gasteiger partial charge in [-0.15, -0.1) is 0 Å². The maximum atomic E-state index is 5.92. The Balaban J connectivity index is 1.80. The molecule has 2 N–H and O–H groups in total. The van der Waals surface area contributed by atoms with E-state index in [1.165, 1.54) is 0 Å². The summed E-state index contributed by atoms with van der Waals surface area (Å²) >= 11 is 5.92. The van der Waals surface area contributed by atoms with Crippen molar-refractivity contribution in [1.29, 1.82) is 0 Å². The number of aromatic nitrogens is 1. The van der Waals surface area contributed by atoms with Gasteiger partial charge in [0.1, 0.15) is 24.7 Å². The lowest BCUT2D eigenvalue weighted by Gasteiger charge is -2.11. The molecule has 0 bridgehead atoms. The minimum atomic E-state index is 0.388. The number of guanidine groups is 1. The zero-order valence-corrected chi connectivity index (χ0v) is 15.0. The quantitative estimate of drug-likeness (QED) is 0.456. The summed E-state index contributed by atoms with van der Waals surface area (Å²) < 4.78 is 11.2. The summed E-state index contributed by atoms with van der Waals surface area (Å²) in [5.74, 6) is 2.88. The molecule has 0 amide bonds. The minimum Gasteiger partial charge on any atom is -0.492 e. The Morgan fingerprint density at radius 2 is 2.17 bits per heavy atom. The number of benzene rings is 1. The molecule has 1 heterocycles. The summed E-state index contributed by atoms with van der Waals surface area (Å²) in [4.78, 5) is 8.78. The van der Waals surface area contributed by atoms with Gasteiger partial charge >= 0.3 is 0 Å². The Morgan fingerprint density at radius 3 is 2.83 bits per heavy atom. The van der Waals surface area contributed by atoms with Crippen molar-refractivity contribution < 1.29 is 9.15 Å². The van der Waals surface area contributed by atoms with Crippen LogP contribution in [0.3, 0.4) is 0 Å². The topological polar surface area (TPSA) is 71.7 Å². The SMILES string of the molecule is CCNC(=NCc1nc(C)c(C)o1)NCCOc1cccc(Cl)c1. The molecule has 0 atom stereocenters. The van der Waals surface area contributed by atoms with E-state index in [1.54, 1.807) is 6.07 Å². The van der Waals surface area contributed by atoms with Crippen molar-refractivity contribution in [3.05, 3.63) is 46.6 Å². The molecule has 2 rings (SSSR count). The van der Waals surface area contributed by atoms with Crippen molar-refractivity contribution in [1.82, 2.24) is 15.6 Å². The van der Waals surface area contributed by atoms with Crippen LogP contribution in [0.1, 0.15) is 24.3 Å². The van der Waals surface area contributed by atoms with Crippen molar-refractivity contribution >= 4 is 17.6 Å². The molecule has 2 aromatic rings. The normalized spacial score (nSPS) is 11.4. The molecule has 7 heteroatoms. The largest absolute Gasteiger partial charge is 0.492 e. The van der Waals surface area contributed by atoms with E-state index in [0.29, 0.717) is 36.6 Å². The smallest absolute Gasteiger partial charge is 0.216 e. The molecule has 0 unspecified atom stereocenters. The maximum Gasteiger partial charge on any atom is 0.216 e. The number of rotatable bonds is 7. The Bertz CT molecular complexity index is 665. The van der Waals surface area contributed by atoms with Crippen molar-refractivity contribution in [3.8, 4) is 5.75 Å². The van der Waals surface area contributed by atoms with Crippen LogP contribution in [0, 0.1) is 13.8 Å². The van der Waals surface area contributed by atoms with Crippen LogP contribution in [0.15, 0.2) is 33.7 Å². The highest BCUT2D eigenvalue weighted by Gasteiger charge is 2.05. The molecule has 0 spiro atoms. The molecule has 0 aliphatic carbocycles. The summed E-state index contributed by atoms with van der Waals surface area (Å²) in [5.41, 5.74) is 0.896. The Labute approximate surface area is 147 Å². The van der Waals surface area contributed by atoms with Gasteiger partial charge in [0.05, 0.1) is 12.2 Å². The van der Waals surface area contributed by atoms with Gasteiger partial charge in [-0.2, -0.15) is 0 Å². The zero-order valence-electron chi connectivity index (χ0n) is 14.2. The number of oxazole rings is 1. The summed E-state index contributed by atoms with van der Waals surface area (Å²) in [7, 11) is 0. The van der Waals surface area contributed by atoms with Gasteiger partial charge in [0.15, 0.2) is 5.96 Å². The average Bonchev–Trinajstić information content (AvgIpc) is 2.87. The number of hydrogen-bond donors (Lipinski definition) is 2. The standard InChI is InChI=1S/C17H23ClN4O2/c1-4-19-17(21-11-16-22-12(2)13(3)24-16)20-8-9-23-15-7-5-6-14(18)10-15/h5-7,10H,4,8-9,11H2,1-3H3,(H2,19,20,21). The predicted molar refractivity (Wildman–Crippen MR) is 95.7 cm³/mol. The number of nitrogens with one attached hydrogen (secondary N) is 2. The van der Waals surface area contributed by atoms with Gasteiger partial charge in [-0.05, 0) is 39.0 Å². The highest BCUT2D eigenvalue weighted by molar-refractivity contribution is 6.30. The van der Waals surface area contributed by atoms with Gasteiger partial charge in [0.2, 0.25) is 5.89 Å². The number of ether oxygens (including phenoxy) is 1. The zero-order chi connectivity index (χ0) is 17.4. The number of aryl methyl sites for hydroxylation is 2. The van der Waals surface area contributed by atoms with Gasteiger partial charge in [-0.1, -0.05) is 17.7 Å². The highest BCUT2D eigenvalue weighted by Crippen LogP contribution is 2.16. The van der Waals surface area contributed by atoms with Crippen molar-refractivity contribution in [2.45, 2.75) is 27.3 Å². The van der Waals surface area contributed by atoms with Crippen molar-refractivity contribution in [2.75, 3.05) is 19.7 Å². The van der Waals surface area contributed by atoms with Crippen molar-refractivity contribution in [2.24, 2.45) is 4.99 Å². The maximum absolute atomic E-state index is 5.92. The van der Waals surface area contributed by atoms with E-state index in [-0.39, 0.29) is 0 Å². The molecule has 130 valence electrons. The van der Waals surface area contributed by atoms with Gasteiger partial charge in [0, 0.05) is 11.6 Å². The number of halogens is 1. The van der Waals surface area contributed by atoms with E-state index >= 15 is 0 Å². The van der Waals surface area contributed by atoms with Gasteiger partial charge in [-0.25, -0.2) is 9.98 Å². The van der Waals surface area contributed by atoms with E-state index in [1.807, 2.05) is 39.0 Å². The van der Waals surface area contributed by atoms with Crippen LogP contribution in [0.25, 0.3) is 0 Å². The second-order valence-corrected chi connectivity index (χ2v) is 5.61. The third kappa shape index (κ3) is 5.77. The second kappa shape index (κ2) is 9.17. The Hall–Kier alpha value is -2.21. The third-order valence-corrected chi connectivity index (χ3v) is 3.48. The molecular weight excluding hydrogens is 328 g/mol. The fourth-order valence-electron chi connectivity index (χ4n) is 1.99. The molecule has 0 saturated heterocycles. The summed E-state index contributed by atoms with van der Waals surface area (Å²) in [6, 6.07) is 7.33. The fourth-order valence-corrected chi connectivity index (χ4v) is 2.17. The van der Waals surface area contributed by atoms with E-state index < -0.39 is 0 Å². The predicted octanol–water partition coefficient (Wildman–Crippen LogP) is 3.08. The monoisotopic (exact) mass is 350 g/mol. The van der Waals surface area contributed by atoms with Crippen LogP contribution in [0.4, 0.5) is 0 Å². The number of aliphatic imine (C=N–C) groups is 1. The summed E-state index contributed by atoms with van der Waals surface area (Å²) in [6.07, 6.45) is 0. The average molecular weight is 351 g/mol. The van der Waals surface area contributed by atoms with Gasteiger partial charge in [0.25, 0.3) is 0 Å². The first kappa shape index (κ1) is 18.1. The highest BCUT2D eigenvalue weighted by atomic mass is 35.5. The molecule has 6 nitrogen and oxygen atoms in total. The first-order chi connectivity index (χ1) is 11.6. The molecular formula is C17H23ClN4O2. The summed E-state index contributed by atoms with van der Waals surface area (Å²) in [6.45, 7) is 8.10. The van der Waals surface area contributed by atoms with E-state index in [2.05, 4.69) is 20.6 Å². The van der Waals surface area contributed by atoms with Crippen LogP contribution in [-0.4, -0.2) is 30.6 Å². The van der Waals surface area contributed by atoms with E-state index in [4.69, 9.17) is 20.8 Å². The molecule has 0 aliphatic rings. The molecule has 0 saturated carbocycles. The lowest BCUT2D eigenvalue weighted by molar-refractivity contribution is 0.322. The minimum absolute atomic E-state index is 0.388. The number of nitrogens with zero attached hydrogens (tertiary/aromatic N) is 2. The number of hydrogen-bond acceptors (Lipinski definition) is 4. The van der Waals surface area contributed by atoms with E-state index in [0.717, 1.165) is 23.7 Å². The van der Waals surface area contributed by atoms with Crippen LogP contribution in [0.5, 0.6) is 5.75 Å². The molecule has 0 fully saturated rings. The lowest BCUT2D eigenvalue weighted by Crippen LogP contribution is -2.39. The fraction of sp³-hybridized carbons (Fsp3) is 0.412. The molecule has 1 aromatic carbocycles. The Kier molecular flexibility index (Phi) is 6.93. The van der Waals surface area contributed by atoms with Crippen molar-refractivity contribution in [3.63, 3.8) is 0 Å². The van der Waals surface area contributed by atoms with Gasteiger partial charge in [-0.3, -0.25) is 0 Å². The third-order valence-electron chi connectivity index (χ3n) is 3.25. The van der Waals surface area contributed by atoms with Crippen LogP contribution in [0.2, 0.25) is 5.02 Å². The first-order valence-corrected chi connectivity index (χ1v) is 8.29. The van der Waals surface area contributed by atoms with Gasteiger partial charge < -0.3 is 19.8 Å². The molecule has 24 heavy (non-hydrogen) atoms. The molecule has 0 radical (unpaired) electrons. The van der Waals surface area contributed by atoms with Crippen LogP contribution >= 0.6 is 11.6 Å².